The van der Waals surface area contributed by atoms with E-state index < -0.39 is 12.0 Å². The highest BCUT2D eigenvalue weighted by Gasteiger charge is 2.14. The molecule has 0 heterocycles. The molecule has 0 fully saturated rings. The van der Waals surface area contributed by atoms with Crippen LogP contribution in [-0.2, 0) is 0 Å². The third kappa shape index (κ3) is 2.10. The highest BCUT2D eigenvalue weighted by Crippen LogP contribution is 2.20. The van der Waals surface area contributed by atoms with Gasteiger partial charge in [0.15, 0.2) is 12.0 Å². The van der Waals surface area contributed by atoms with E-state index in [4.69, 9.17) is 4.74 Å². The second-order valence-corrected chi connectivity index (χ2v) is 3.16. The Morgan fingerprint density at radius 1 is 1.50 bits per heavy atom. The summed E-state index contributed by atoms with van der Waals surface area (Å²) in [7, 11) is 1.52. The summed E-state index contributed by atoms with van der Waals surface area (Å²) in [6, 6.07) is 4.92. The second-order valence-electron chi connectivity index (χ2n) is 3.16. The fraction of sp³-hybridized carbons (Fsp3) is 0.364. The van der Waals surface area contributed by atoms with E-state index in [1.54, 1.807) is 18.2 Å². The number of carbonyl (C=O) groups excluding carboxylic acids is 1. The van der Waals surface area contributed by atoms with Gasteiger partial charge < -0.3 is 4.74 Å². The number of halogens is 1. The van der Waals surface area contributed by atoms with Crippen molar-refractivity contribution in [2.45, 2.75) is 20.0 Å². The molecular weight excluding hydrogens is 183 g/mol. The molecule has 1 aromatic carbocycles. The molecule has 14 heavy (non-hydrogen) atoms. The molecule has 0 bridgehead atoms. The molecule has 0 radical (unpaired) electrons. The van der Waals surface area contributed by atoms with Crippen LogP contribution in [0.4, 0.5) is 4.39 Å². The van der Waals surface area contributed by atoms with Crippen LogP contribution in [0.3, 0.4) is 0 Å². The summed E-state index contributed by atoms with van der Waals surface area (Å²) in [5.41, 5.74) is 1.28. The molecule has 0 saturated carbocycles. The first-order chi connectivity index (χ1) is 6.56. The summed E-state index contributed by atoms with van der Waals surface area (Å²) in [5, 5.41) is 0. The number of carbonyl (C=O) groups is 1. The summed E-state index contributed by atoms with van der Waals surface area (Å²) in [5.74, 6) is 0.0970. The molecule has 0 saturated heterocycles. The van der Waals surface area contributed by atoms with Gasteiger partial charge in [0.25, 0.3) is 0 Å². The van der Waals surface area contributed by atoms with Crippen LogP contribution in [-0.4, -0.2) is 19.1 Å². The van der Waals surface area contributed by atoms with Crippen molar-refractivity contribution in [3.8, 4) is 5.75 Å². The maximum absolute atomic E-state index is 12.7. The van der Waals surface area contributed by atoms with Crippen LogP contribution in [0.25, 0.3) is 0 Å². The Balaban J connectivity index is 3.06. The van der Waals surface area contributed by atoms with Gasteiger partial charge >= 0.3 is 0 Å². The van der Waals surface area contributed by atoms with Gasteiger partial charge in [-0.2, -0.15) is 0 Å². The van der Waals surface area contributed by atoms with E-state index in [1.807, 2.05) is 6.92 Å². The lowest BCUT2D eigenvalue weighted by Crippen LogP contribution is -2.11. The fourth-order valence-electron chi connectivity index (χ4n) is 1.20. The second kappa shape index (κ2) is 4.22. The van der Waals surface area contributed by atoms with Crippen LogP contribution in [0, 0.1) is 6.92 Å². The van der Waals surface area contributed by atoms with E-state index in [9.17, 15) is 9.18 Å². The number of ketones is 1. The molecule has 3 heteroatoms. The normalized spacial score (nSPS) is 12.3. The number of aryl methyl sites for hydroxylation is 1. The smallest absolute Gasteiger partial charge is 0.196 e. The van der Waals surface area contributed by atoms with Crippen molar-refractivity contribution < 1.29 is 13.9 Å². The molecule has 0 aromatic heterocycles. The van der Waals surface area contributed by atoms with Crippen molar-refractivity contribution in [3.05, 3.63) is 29.3 Å². The summed E-state index contributed by atoms with van der Waals surface area (Å²) in [4.78, 5) is 11.3. The molecule has 1 unspecified atom stereocenters. The molecule has 0 aliphatic heterocycles. The van der Waals surface area contributed by atoms with Gasteiger partial charge in [-0.05, 0) is 25.5 Å². The zero-order valence-electron chi connectivity index (χ0n) is 8.50. The van der Waals surface area contributed by atoms with E-state index in [-0.39, 0.29) is 0 Å². The van der Waals surface area contributed by atoms with E-state index in [0.29, 0.717) is 11.3 Å². The monoisotopic (exact) mass is 196 g/mol. The Morgan fingerprint density at radius 3 is 2.64 bits per heavy atom. The third-order valence-corrected chi connectivity index (χ3v) is 2.05. The van der Waals surface area contributed by atoms with Gasteiger partial charge in [-0.25, -0.2) is 4.39 Å². The highest BCUT2D eigenvalue weighted by molar-refractivity contribution is 5.99. The summed E-state index contributed by atoms with van der Waals surface area (Å²) < 4.78 is 17.8. The van der Waals surface area contributed by atoms with Crippen LogP contribution in [0.5, 0.6) is 5.75 Å². The van der Waals surface area contributed by atoms with Crippen molar-refractivity contribution in [1.82, 2.24) is 0 Å². The first-order valence-corrected chi connectivity index (χ1v) is 4.39. The Bertz CT molecular complexity index is 345. The van der Waals surface area contributed by atoms with Gasteiger partial charge in [-0.1, -0.05) is 12.1 Å². The minimum atomic E-state index is -1.47. The van der Waals surface area contributed by atoms with Gasteiger partial charge in [0.2, 0.25) is 0 Å². The van der Waals surface area contributed by atoms with Crippen molar-refractivity contribution in [2.75, 3.05) is 7.11 Å². The number of ether oxygens (including phenoxy) is 1. The van der Waals surface area contributed by atoms with Crippen molar-refractivity contribution >= 4 is 5.78 Å². The molecule has 1 atom stereocenters. The maximum Gasteiger partial charge on any atom is 0.196 e. The summed E-state index contributed by atoms with van der Waals surface area (Å²) in [6.45, 7) is 3.10. The van der Waals surface area contributed by atoms with Crippen LogP contribution in [0.1, 0.15) is 22.8 Å². The third-order valence-electron chi connectivity index (χ3n) is 2.05. The predicted octanol–water partition coefficient (Wildman–Crippen LogP) is 2.54. The number of hydrogen-bond acceptors (Lipinski definition) is 2. The molecule has 0 aliphatic carbocycles. The maximum atomic E-state index is 12.7. The standard InChI is InChI=1S/C11H13FO2/c1-7-4-5-9(6-10(7)14-3)11(13)8(2)12/h4-6,8H,1-3H3. The Labute approximate surface area is 82.7 Å². The number of rotatable bonds is 3. The molecule has 2 nitrogen and oxygen atoms in total. The molecule has 1 rings (SSSR count). The SMILES string of the molecule is COc1cc(C(=O)C(C)F)ccc1C. The first-order valence-electron chi connectivity index (χ1n) is 4.39. The zero-order chi connectivity index (χ0) is 10.7. The van der Waals surface area contributed by atoms with Crippen LogP contribution >= 0.6 is 0 Å². The van der Waals surface area contributed by atoms with E-state index >= 15 is 0 Å². The van der Waals surface area contributed by atoms with Gasteiger partial charge in [0, 0.05) is 5.56 Å². The molecule has 76 valence electrons. The quantitative estimate of drug-likeness (QED) is 0.694. The Morgan fingerprint density at radius 2 is 2.14 bits per heavy atom. The van der Waals surface area contributed by atoms with Crippen LogP contribution in [0.2, 0.25) is 0 Å². The molecule has 0 N–H and O–H groups in total. The number of alkyl halides is 1. The highest BCUT2D eigenvalue weighted by atomic mass is 19.1. The van der Waals surface area contributed by atoms with Crippen molar-refractivity contribution in [3.63, 3.8) is 0 Å². The summed E-state index contributed by atoms with van der Waals surface area (Å²) in [6.07, 6.45) is -1.47. The lowest BCUT2D eigenvalue weighted by Gasteiger charge is -2.07. The molecular formula is C11H13FO2. The van der Waals surface area contributed by atoms with Gasteiger partial charge in [0.05, 0.1) is 7.11 Å². The van der Waals surface area contributed by atoms with Gasteiger partial charge in [-0.3, -0.25) is 4.79 Å². The van der Waals surface area contributed by atoms with E-state index in [0.717, 1.165) is 5.56 Å². The van der Waals surface area contributed by atoms with E-state index in [2.05, 4.69) is 0 Å². The Hall–Kier alpha value is -1.38. The van der Waals surface area contributed by atoms with E-state index in [1.165, 1.54) is 14.0 Å². The lowest BCUT2D eigenvalue weighted by atomic mass is 10.1. The lowest BCUT2D eigenvalue weighted by molar-refractivity contribution is 0.0892. The number of Topliss-reactive ketones (excluding diaryl/α,β-unsaturated/α-hetero) is 1. The fourth-order valence-corrected chi connectivity index (χ4v) is 1.20. The number of methoxy groups -OCH3 is 1. The molecule has 1 aromatic rings. The van der Waals surface area contributed by atoms with Crippen molar-refractivity contribution in [2.24, 2.45) is 0 Å². The number of hydrogen-bond donors (Lipinski definition) is 0. The first kappa shape index (κ1) is 10.7. The van der Waals surface area contributed by atoms with Crippen LogP contribution < -0.4 is 4.74 Å². The molecule has 0 spiro atoms. The number of benzene rings is 1. The minimum Gasteiger partial charge on any atom is -0.496 e. The molecule has 0 amide bonds. The average molecular weight is 196 g/mol. The van der Waals surface area contributed by atoms with Gasteiger partial charge in [-0.15, -0.1) is 0 Å². The Kier molecular flexibility index (Phi) is 3.23. The average Bonchev–Trinajstić information content (AvgIpc) is 2.17. The van der Waals surface area contributed by atoms with Gasteiger partial charge in [0.1, 0.15) is 5.75 Å². The zero-order valence-corrected chi connectivity index (χ0v) is 8.50. The summed E-state index contributed by atoms with van der Waals surface area (Å²) >= 11 is 0. The minimum absolute atomic E-state index is 0.349. The van der Waals surface area contributed by atoms with Crippen molar-refractivity contribution in [1.29, 1.82) is 0 Å². The van der Waals surface area contributed by atoms with Crippen LogP contribution in [0.15, 0.2) is 18.2 Å². The predicted molar refractivity (Wildman–Crippen MR) is 52.6 cm³/mol. The topological polar surface area (TPSA) is 26.3 Å². The largest absolute Gasteiger partial charge is 0.496 e. The molecule has 0 aliphatic rings.